The van der Waals surface area contributed by atoms with Crippen molar-refractivity contribution in [3.05, 3.63) is 36.0 Å². The molecular formula is C17H26N2O. The minimum atomic E-state index is -0.618. The van der Waals surface area contributed by atoms with E-state index in [1.165, 1.54) is 16.5 Å². The van der Waals surface area contributed by atoms with Crippen LogP contribution in [0.15, 0.2) is 30.5 Å². The molecule has 2 N–H and O–H groups in total. The van der Waals surface area contributed by atoms with Crippen molar-refractivity contribution in [2.75, 3.05) is 0 Å². The molecule has 1 aromatic heterocycles. The highest BCUT2D eigenvalue weighted by Crippen LogP contribution is 2.20. The second-order valence-electron chi connectivity index (χ2n) is 6.50. The van der Waals surface area contributed by atoms with Crippen molar-refractivity contribution in [2.24, 2.45) is 0 Å². The zero-order valence-electron chi connectivity index (χ0n) is 13.0. The molecule has 0 aliphatic rings. The lowest BCUT2D eigenvalue weighted by Crippen LogP contribution is -2.22. The van der Waals surface area contributed by atoms with Crippen molar-refractivity contribution in [1.82, 2.24) is 9.88 Å². The fourth-order valence-corrected chi connectivity index (χ4v) is 2.25. The summed E-state index contributed by atoms with van der Waals surface area (Å²) in [7, 11) is 0. The summed E-state index contributed by atoms with van der Waals surface area (Å²) in [6.45, 7) is 9.76. The van der Waals surface area contributed by atoms with Crippen molar-refractivity contribution >= 4 is 10.9 Å². The smallest absolute Gasteiger partial charge is 0.0608 e. The standard InChI is InChI=1S/C17H26N2O/c1-13(2)18-12-14-5-6-15-7-9-19(16(15)11-14)10-8-17(3,4)20/h5-7,9,11,13,18,20H,8,10,12H2,1-4H3. The number of aryl methyl sites for hydroxylation is 1. The second kappa shape index (κ2) is 5.98. The van der Waals surface area contributed by atoms with E-state index in [4.69, 9.17) is 0 Å². The average Bonchev–Trinajstić information content (AvgIpc) is 2.75. The predicted octanol–water partition coefficient (Wildman–Crippen LogP) is 3.30. The Labute approximate surface area is 121 Å². The van der Waals surface area contributed by atoms with E-state index >= 15 is 0 Å². The third-order valence-corrected chi connectivity index (χ3v) is 3.52. The van der Waals surface area contributed by atoms with Crippen LogP contribution in [0.4, 0.5) is 0 Å². The maximum absolute atomic E-state index is 9.87. The molecule has 0 bridgehead atoms. The molecule has 0 aliphatic heterocycles. The van der Waals surface area contributed by atoms with E-state index < -0.39 is 5.60 Å². The number of aliphatic hydroxyl groups is 1. The van der Waals surface area contributed by atoms with Crippen LogP contribution in [-0.4, -0.2) is 21.3 Å². The lowest BCUT2D eigenvalue weighted by molar-refractivity contribution is 0.0666. The summed E-state index contributed by atoms with van der Waals surface area (Å²) in [6.07, 6.45) is 2.86. The highest BCUT2D eigenvalue weighted by Gasteiger charge is 2.13. The summed E-state index contributed by atoms with van der Waals surface area (Å²) in [5, 5.41) is 14.6. The van der Waals surface area contributed by atoms with Gasteiger partial charge in [0.1, 0.15) is 0 Å². The zero-order valence-corrected chi connectivity index (χ0v) is 13.0. The van der Waals surface area contributed by atoms with Gasteiger partial charge in [-0.05, 0) is 43.4 Å². The Morgan fingerprint density at radius 2 is 2.00 bits per heavy atom. The molecule has 2 aromatic rings. The molecule has 110 valence electrons. The number of hydrogen-bond donors (Lipinski definition) is 2. The van der Waals surface area contributed by atoms with E-state index in [1.807, 2.05) is 13.8 Å². The van der Waals surface area contributed by atoms with Crippen LogP contribution in [0.5, 0.6) is 0 Å². The summed E-state index contributed by atoms with van der Waals surface area (Å²) in [5.41, 5.74) is 1.93. The monoisotopic (exact) mass is 274 g/mol. The highest BCUT2D eigenvalue weighted by molar-refractivity contribution is 5.80. The first-order valence-electron chi connectivity index (χ1n) is 7.39. The molecule has 1 heterocycles. The molecule has 0 saturated heterocycles. The largest absolute Gasteiger partial charge is 0.390 e. The molecule has 1 aromatic carbocycles. The number of nitrogens with one attached hydrogen (secondary N) is 1. The fourth-order valence-electron chi connectivity index (χ4n) is 2.25. The molecule has 0 aliphatic carbocycles. The van der Waals surface area contributed by atoms with Crippen molar-refractivity contribution < 1.29 is 5.11 Å². The van der Waals surface area contributed by atoms with E-state index in [0.717, 1.165) is 19.5 Å². The third kappa shape index (κ3) is 4.09. The first-order chi connectivity index (χ1) is 9.35. The van der Waals surface area contributed by atoms with Crippen LogP contribution in [0.1, 0.15) is 39.7 Å². The van der Waals surface area contributed by atoms with Crippen molar-refractivity contribution in [3.63, 3.8) is 0 Å². The minimum Gasteiger partial charge on any atom is -0.390 e. The van der Waals surface area contributed by atoms with Crippen LogP contribution in [0.2, 0.25) is 0 Å². The normalized spacial score (nSPS) is 12.5. The Hall–Kier alpha value is -1.32. The maximum atomic E-state index is 9.87. The summed E-state index contributed by atoms with van der Waals surface area (Å²) < 4.78 is 2.23. The lowest BCUT2D eigenvalue weighted by atomic mass is 10.1. The zero-order chi connectivity index (χ0) is 14.8. The first-order valence-corrected chi connectivity index (χ1v) is 7.39. The van der Waals surface area contributed by atoms with Gasteiger partial charge >= 0.3 is 0 Å². The number of fused-ring (bicyclic) bond motifs is 1. The molecule has 0 saturated carbocycles. The first kappa shape index (κ1) is 15.1. The Balaban J connectivity index is 2.17. The van der Waals surface area contributed by atoms with Gasteiger partial charge in [-0.3, -0.25) is 0 Å². The van der Waals surface area contributed by atoms with Gasteiger partial charge in [-0.25, -0.2) is 0 Å². The molecule has 0 fully saturated rings. The van der Waals surface area contributed by atoms with Gasteiger partial charge in [0.15, 0.2) is 0 Å². The average molecular weight is 274 g/mol. The van der Waals surface area contributed by atoms with E-state index in [1.54, 1.807) is 0 Å². The van der Waals surface area contributed by atoms with E-state index in [9.17, 15) is 5.11 Å². The van der Waals surface area contributed by atoms with E-state index in [-0.39, 0.29) is 0 Å². The molecule has 20 heavy (non-hydrogen) atoms. The van der Waals surface area contributed by atoms with Gasteiger partial charge in [-0.15, -0.1) is 0 Å². The topological polar surface area (TPSA) is 37.2 Å². The maximum Gasteiger partial charge on any atom is 0.0608 e. The molecule has 3 heteroatoms. The number of hydrogen-bond acceptors (Lipinski definition) is 2. The molecule has 0 spiro atoms. The van der Waals surface area contributed by atoms with Gasteiger partial charge in [0.05, 0.1) is 5.60 Å². The summed E-state index contributed by atoms with van der Waals surface area (Å²) in [6, 6.07) is 9.23. The molecule has 2 rings (SSSR count). The molecular weight excluding hydrogens is 248 g/mol. The Morgan fingerprint density at radius 1 is 1.25 bits per heavy atom. The summed E-state index contributed by atoms with van der Waals surface area (Å²) in [5.74, 6) is 0. The SMILES string of the molecule is CC(C)NCc1ccc2ccn(CCC(C)(C)O)c2c1. The van der Waals surface area contributed by atoms with Gasteiger partial charge < -0.3 is 15.0 Å². The fraction of sp³-hybridized carbons (Fsp3) is 0.529. The van der Waals surface area contributed by atoms with Gasteiger partial charge in [-0.2, -0.15) is 0 Å². The Kier molecular flexibility index (Phi) is 4.51. The third-order valence-electron chi connectivity index (χ3n) is 3.52. The van der Waals surface area contributed by atoms with Crippen molar-refractivity contribution in [2.45, 2.75) is 58.8 Å². The molecule has 3 nitrogen and oxygen atoms in total. The Bertz CT molecular complexity index is 564. The van der Waals surface area contributed by atoms with Gasteiger partial charge in [-0.1, -0.05) is 26.0 Å². The van der Waals surface area contributed by atoms with Crippen LogP contribution in [0, 0.1) is 0 Å². The van der Waals surface area contributed by atoms with E-state index in [2.05, 4.69) is 54.2 Å². The number of aromatic nitrogens is 1. The summed E-state index contributed by atoms with van der Waals surface area (Å²) >= 11 is 0. The second-order valence-corrected chi connectivity index (χ2v) is 6.50. The van der Waals surface area contributed by atoms with Crippen LogP contribution in [0.25, 0.3) is 10.9 Å². The van der Waals surface area contributed by atoms with E-state index in [0.29, 0.717) is 6.04 Å². The van der Waals surface area contributed by atoms with Gasteiger partial charge in [0, 0.05) is 30.8 Å². The van der Waals surface area contributed by atoms with Gasteiger partial charge in [0.2, 0.25) is 0 Å². The number of rotatable bonds is 6. The van der Waals surface area contributed by atoms with Crippen LogP contribution in [0.3, 0.4) is 0 Å². The molecule has 0 radical (unpaired) electrons. The Morgan fingerprint density at radius 3 is 2.65 bits per heavy atom. The van der Waals surface area contributed by atoms with Crippen LogP contribution < -0.4 is 5.32 Å². The molecule has 0 unspecified atom stereocenters. The predicted molar refractivity (Wildman–Crippen MR) is 84.8 cm³/mol. The van der Waals surface area contributed by atoms with Crippen LogP contribution >= 0.6 is 0 Å². The molecule has 0 amide bonds. The molecule has 0 atom stereocenters. The quantitative estimate of drug-likeness (QED) is 0.848. The van der Waals surface area contributed by atoms with Crippen molar-refractivity contribution in [3.8, 4) is 0 Å². The minimum absolute atomic E-state index is 0.493. The van der Waals surface area contributed by atoms with Gasteiger partial charge in [0.25, 0.3) is 0 Å². The summed E-state index contributed by atoms with van der Waals surface area (Å²) in [4.78, 5) is 0. The number of benzene rings is 1. The highest BCUT2D eigenvalue weighted by atomic mass is 16.3. The van der Waals surface area contributed by atoms with Crippen molar-refractivity contribution in [1.29, 1.82) is 0 Å². The van der Waals surface area contributed by atoms with Crippen LogP contribution in [-0.2, 0) is 13.1 Å². The lowest BCUT2D eigenvalue weighted by Gasteiger charge is -2.17. The number of nitrogens with zero attached hydrogens (tertiary/aromatic N) is 1.